The molecule has 4 rings (SSSR count). The number of ether oxygens (including phenoxy) is 2. The lowest BCUT2D eigenvalue weighted by Crippen LogP contribution is -2.49. The van der Waals surface area contributed by atoms with Crippen LogP contribution >= 0.6 is 0 Å². The Labute approximate surface area is 175 Å². The Morgan fingerprint density at radius 2 is 1.87 bits per heavy atom. The molecule has 0 amide bonds. The van der Waals surface area contributed by atoms with Crippen LogP contribution in [0.3, 0.4) is 0 Å². The first kappa shape index (κ1) is 21.0. The highest BCUT2D eigenvalue weighted by atomic mass is 19.1. The van der Waals surface area contributed by atoms with Gasteiger partial charge in [-0.15, -0.1) is 0 Å². The standard InChI is InChI=1S/C24H27F2NO3/c1-17(23(28)7-9-24(10-8-23)27-11-12-30-24)13-19-14-21(26)22(15-20(19)25)29-16-18-5-3-2-4-6-18/h2-6,13-15,27-28H,7-12,16H2,1H3/b17-13+. The fraction of sp³-hybridized carbons (Fsp3) is 0.417. The van der Waals surface area contributed by atoms with Gasteiger partial charge in [0.15, 0.2) is 11.6 Å². The highest BCUT2D eigenvalue weighted by Gasteiger charge is 2.44. The van der Waals surface area contributed by atoms with Gasteiger partial charge in [0.1, 0.15) is 18.1 Å². The predicted octanol–water partition coefficient (Wildman–Crippen LogP) is 4.57. The van der Waals surface area contributed by atoms with Crippen LogP contribution < -0.4 is 10.1 Å². The van der Waals surface area contributed by atoms with Crippen LogP contribution in [0.1, 0.15) is 43.7 Å². The number of hydrogen-bond acceptors (Lipinski definition) is 4. The summed E-state index contributed by atoms with van der Waals surface area (Å²) in [6.07, 6.45) is 3.89. The summed E-state index contributed by atoms with van der Waals surface area (Å²) in [7, 11) is 0. The molecular formula is C24H27F2NO3. The van der Waals surface area contributed by atoms with Crippen LogP contribution in [-0.4, -0.2) is 29.6 Å². The lowest BCUT2D eigenvalue weighted by atomic mass is 9.76. The Hall–Kier alpha value is -2.28. The number of halogens is 2. The van der Waals surface area contributed by atoms with E-state index in [2.05, 4.69) is 5.32 Å². The molecule has 0 unspecified atom stereocenters. The van der Waals surface area contributed by atoms with Crippen molar-refractivity contribution in [3.05, 3.63) is 70.8 Å². The Kier molecular flexibility index (Phi) is 5.91. The Bertz CT molecular complexity index is 914. The summed E-state index contributed by atoms with van der Waals surface area (Å²) in [6, 6.07) is 11.5. The summed E-state index contributed by atoms with van der Waals surface area (Å²) in [5.41, 5.74) is 0.189. The van der Waals surface area contributed by atoms with E-state index in [1.54, 1.807) is 6.92 Å². The molecule has 0 radical (unpaired) electrons. The smallest absolute Gasteiger partial charge is 0.165 e. The molecule has 1 saturated heterocycles. The molecule has 1 heterocycles. The Morgan fingerprint density at radius 1 is 1.13 bits per heavy atom. The maximum absolute atomic E-state index is 14.6. The van der Waals surface area contributed by atoms with E-state index in [0.717, 1.165) is 24.2 Å². The molecule has 2 fully saturated rings. The van der Waals surface area contributed by atoms with Crippen LogP contribution in [0.25, 0.3) is 6.08 Å². The van der Waals surface area contributed by atoms with E-state index < -0.39 is 17.2 Å². The average Bonchev–Trinajstić information content (AvgIpc) is 3.21. The second-order valence-corrected chi connectivity index (χ2v) is 8.21. The molecule has 1 aliphatic carbocycles. The van der Waals surface area contributed by atoms with Gasteiger partial charge in [0, 0.05) is 18.2 Å². The number of nitrogens with one attached hydrogen (secondary N) is 1. The lowest BCUT2D eigenvalue weighted by molar-refractivity contribution is -0.0865. The molecule has 30 heavy (non-hydrogen) atoms. The molecule has 2 N–H and O–H groups in total. The van der Waals surface area contributed by atoms with Crippen LogP contribution in [0.4, 0.5) is 8.78 Å². The van der Waals surface area contributed by atoms with E-state index >= 15 is 0 Å². The van der Waals surface area contributed by atoms with Crippen molar-refractivity contribution in [1.29, 1.82) is 0 Å². The van der Waals surface area contributed by atoms with Crippen molar-refractivity contribution < 1.29 is 23.4 Å². The van der Waals surface area contributed by atoms with Gasteiger partial charge < -0.3 is 14.6 Å². The summed E-state index contributed by atoms with van der Waals surface area (Å²) in [6.45, 7) is 3.41. The van der Waals surface area contributed by atoms with E-state index in [0.29, 0.717) is 37.9 Å². The molecule has 2 aromatic rings. The maximum Gasteiger partial charge on any atom is 0.165 e. The van der Waals surface area contributed by atoms with Gasteiger partial charge in [0.2, 0.25) is 0 Å². The summed E-state index contributed by atoms with van der Waals surface area (Å²) in [5, 5.41) is 14.4. The van der Waals surface area contributed by atoms with Crippen LogP contribution in [0.2, 0.25) is 0 Å². The van der Waals surface area contributed by atoms with Gasteiger partial charge in [-0.2, -0.15) is 0 Å². The fourth-order valence-corrected chi connectivity index (χ4v) is 4.23. The zero-order chi connectivity index (χ0) is 21.2. The average molecular weight is 415 g/mol. The van der Waals surface area contributed by atoms with Crippen molar-refractivity contribution in [2.75, 3.05) is 13.2 Å². The third kappa shape index (κ3) is 4.41. The van der Waals surface area contributed by atoms with E-state index in [4.69, 9.17) is 9.47 Å². The van der Waals surface area contributed by atoms with Gasteiger partial charge in [-0.3, -0.25) is 5.32 Å². The van der Waals surface area contributed by atoms with Gasteiger partial charge in [-0.05, 0) is 49.8 Å². The monoisotopic (exact) mass is 415 g/mol. The second-order valence-electron chi connectivity index (χ2n) is 8.21. The summed E-state index contributed by atoms with van der Waals surface area (Å²) in [5.74, 6) is -1.35. The normalized spacial score (nSPS) is 26.9. The van der Waals surface area contributed by atoms with Crippen molar-refractivity contribution >= 4 is 6.08 Å². The molecule has 1 spiro atoms. The summed E-state index contributed by atoms with van der Waals surface area (Å²) >= 11 is 0. The van der Waals surface area contributed by atoms with Gasteiger partial charge in [-0.25, -0.2) is 8.78 Å². The van der Waals surface area contributed by atoms with E-state index in [1.165, 1.54) is 6.08 Å². The molecule has 0 aromatic heterocycles. The van der Waals surface area contributed by atoms with Crippen molar-refractivity contribution in [3.63, 3.8) is 0 Å². The number of benzene rings is 2. The number of aliphatic hydroxyl groups is 1. The molecule has 0 atom stereocenters. The van der Waals surface area contributed by atoms with Crippen LogP contribution in [0.15, 0.2) is 48.0 Å². The summed E-state index contributed by atoms with van der Waals surface area (Å²) < 4.78 is 40.4. The Morgan fingerprint density at radius 3 is 2.53 bits per heavy atom. The first-order chi connectivity index (χ1) is 14.4. The molecule has 2 aliphatic rings. The molecular weight excluding hydrogens is 388 g/mol. The topological polar surface area (TPSA) is 50.7 Å². The fourth-order valence-electron chi connectivity index (χ4n) is 4.23. The first-order valence-electron chi connectivity index (χ1n) is 10.4. The highest BCUT2D eigenvalue weighted by molar-refractivity contribution is 5.56. The van der Waals surface area contributed by atoms with E-state index in [-0.39, 0.29) is 23.6 Å². The zero-order valence-corrected chi connectivity index (χ0v) is 17.1. The summed E-state index contributed by atoms with van der Waals surface area (Å²) in [4.78, 5) is 0. The van der Waals surface area contributed by atoms with Crippen molar-refractivity contribution in [1.82, 2.24) is 5.32 Å². The van der Waals surface area contributed by atoms with Crippen molar-refractivity contribution in [2.24, 2.45) is 0 Å². The minimum Gasteiger partial charge on any atom is -0.486 e. The number of hydrogen-bond donors (Lipinski definition) is 2. The molecule has 1 saturated carbocycles. The minimum absolute atomic E-state index is 0.0982. The molecule has 0 bridgehead atoms. The van der Waals surface area contributed by atoms with Crippen LogP contribution in [0, 0.1) is 11.6 Å². The van der Waals surface area contributed by atoms with Gasteiger partial charge in [0.25, 0.3) is 0 Å². The third-order valence-electron chi connectivity index (χ3n) is 6.21. The van der Waals surface area contributed by atoms with Crippen LogP contribution in [-0.2, 0) is 11.3 Å². The van der Waals surface area contributed by atoms with Crippen LogP contribution in [0.5, 0.6) is 5.75 Å². The largest absolute Gasteiger partial charge is 0.486 e. The molecule has 160 valence electrons. The van der Waals surface area contributed by atoms with E-state index in [1.807, 2.05) is 30.3 Å². The quantitative estimate of drug-likeness (QED) is 0.751. The molecule has 1 aliphatic heterocycles. The van der Waals surface area contributed by atoms with Gasteiger partial charge in [0.05, 0.1) is 12.2 Å². The maximum atomic E-state index is 14.6. The predicted molar refractivity (Wildman–Crippen MR) is 111 cm³/mol. The minimum atomic E-state index is -1.05. The highest BCUT2D eigenvalue weighted by Crippen LogP contribution is 2.41. The molecule has 4 nitrogen and oxygen atoms in total. The lowest BCUT2D eigenvalue weighted by Gasteiger charge is -2.42. The SMILES string of the molecule is C/C(=C\c1cc(F)c(OCc2ccccc2)cc1F)C1(O)CCC2(CC1)NCCO2. The number of rotatable bonds is 5. The second kappa shape index (κ2) is 8.46. The van der Waals surface area contributed by atoms with Gasteiger partial charge >= 0.3 is 0 Å². The molecule has 6 heteroatoms. The van der Waals surface area contributed by atoms with Crippen molar-refractivity contribution in [2.45, 2.75) is 50.5 Å². The third-order valence-corrected chi connectivity index (χ3v) is 6.21. The van der Waals surface area contributed by atoms with Gasteiger partial charge in [-0.1, -0.05) is 36.4 Å². The van der Waals surface area contributed by atoms with Crippen molar-refractivity contribution in [3.8, 4) is 5.75 Å². The Balaban J connectivity index is 1.46. The van der Waals surface area contributed by atoms with E-state index in [9.17, 15) is 13.9 Å². The molecule has 2 aromatic carbocycles. The zero-order valence-electron chi connectivity index (χ0n) is 17.1. The first-order valence-corrected chi connectivity index (χ1v) is 10.4.